The number of nitrogens with zero attached hydrogens (tertiary/aromatic N) is 2. The maximum Gasteiger partial charge on any atom is 0.573 e. The van der Waals surface area contributed by atoms with Gasteiger partial charge < -0.3 is 10.1 Å². The van der Waals surface area contributed by atoms with Crippen molar-refractivity contribution < 1.29 is 22.7 Å². The second kappa shape index (κ2) is 9.83. The molecule has 36 heavy (non-hydrogen) atoms. The van der Waals surface area contributed by atoms with E-state index in [0.717, 1.165) is 0 Å². The first-order chi connectivity index (χ1) is 17.0. The number of aromatic nitrogens is 2. The van der Waals surface area contributed by atoms with Gasteiger partial charge in [-0.15, -0.1) is 13.2 Å². The second-order valence-electron chi connectivity index (χ2n) is 7.94. The summed E-state index contributed by atoms with van der Waals surface area (Å²) in [5.74, 6) is -0.989. The Hall–Kier alpha value is -3.56. The molecule has 4 rings (SSSR count). The van der Waals surface area contributed by atoms with Gasteiger partial charge in [-0.05, 0) is 49.7 Å². The van der Waals surface area contributed by atoms with E-state index in [-0.39, 0.29) is 22.2 Å². The Morgan fingerprint density at radius 2 is 1.75 bits per heavy atom. The summed E-state index contributed by atoms with van der Waals surface area (Å²) in [6, 6.07) is 12.3. The third-order valence-electron chi connectivity index (χ3n) is 5.62. The van der Waals surface area contributed by atoms with E-state index < -0.39 is 29.6 Å². The molecule has 0 spiro atoms. The standard InChI is InChI=1S/C25H18Cl2F3N3O3/c1-13-17(26)10-15(11-18(13)27)23(34)32-20-8-5-7-19-22(20)24(35)33(12-31-19)14(2)16-6-3-4-9-21(16)36-25(28,29)30/h3-12,14H,1-2H3,(H,32,34). The summed E-state index contributed by atoms with van der Waals surface area (Å²) in [4.78, 5) is 30.7. The van der Waals surface area contributed by atoms with Gasteiger partial charge in [0.05, 0.1) is 29.0 Å². The minimum Gasteiger partial charge on any atom is -0.405 e. The van der Waals surface area contributed by atoms with Crippen LogP contribution in [0.5, 0.6) is 5.75 Å². The maximum atomic E-state index is 13.5. The lowest BCUT2D eigenvalue weighted by Crippen LogP contribution is -2.26. The Bertz CT molecular complexity index is 1510. The van der Waals surface area contributed by atoms with Gasteiger partial charge in [0.25, 0.3) is 11.5 Å². The highest BCUT2D eigenvalue weighted by atomic mass is 35.5. The molecule has 1 aromatic heterocycles. The molecule has 0 aliphatic carbocycles. The zero-order chi connectivity index (χ0) is 26.2. The number of rotatable bonds is 5. The number of halogens is 5. The second-order valence-corrected chi connectivity index (χ2v) is 8.75. The fourth-order valence-corrected chi connectivity index (χ4v) is 4.21. The molecule has 186 valence electrons. The van der Waals surface area contributed by atoms with Gasteiger partial charge in [0.1, 0.15) is 5.75 Å². The van der Waals surface area contributed by atoms with E-state index >= 15 is 0 Å². The van der Waals surface area contributed by atoms with Crippen LogP contribution in [0.4, 0.5) is 18.9 Å². The van der Waals surface area contributed by atoms with Crippen molar-refractivity contribution in [3.8, 4) is 5.75 Å². The molecule has 1 unspecified atom stereocenters. The highest BCUT2D eigenvalue weighted by Crippen LogP contribution is 2.32. The zero-order valence-corrected chi connectivity index (χ0v) is 20.4. The van der Waals surface area contributed by atoms with Crippen molar-refractivity contribution in [1.82, 2.24) is 9.55 Å². The third kappa shape index (κ3) is 5.17. The molecular formula is C25H18Cl2F3N3O3. The molecule has 0 bridgehead atoms. The minimum absolute atomic E-state index is 0.0822. The Morgan fingerprint density at radius 1 is 1.08 bits per heavy atom. The number of ether oxygens (including phenoxy) is 1. The first-order valence-electron chi connectivity index (χ1n) is 10.6. The molecule has 1 heterocycles. The molecule has 0 saturated carbocycles. The van der Waals surface area contributed by atoms with Gasteiger partial charge in [-0.2, -0.15) is 0 Å². The van der Waals surface area contributed by atoms with Gasteiger partial charge in [-0.3, -0.25) is 14.2 Å². The number of fused-ring (bicyclic) bond motifs is 1. The summed E-state index contributed by atoms with van der Waals surface area (Å²) in [7, 11) is 0. The Balaban J connectivity index is 1.76. The lowest BCUT2D eigenvalue weighted by atomic mass is 10.1. The lowest BCUT2D eigenvalue weighted by Gasteiger charge is -2.20. The Morgan fingerprint density at radius 3 is 2.42 bits per heavy atom. The number of amides is 1. The molecule has 0 aliphatic heterocycles. The van der Waals surface area contributed by atoms with Crippen molar-refractivity contribution in [3.05, 3.63) is 98.0 Å². The van der Waals surface area contributed by atoms with Crippen LogP contribution in [-0.4, -0.2) is 21.8 Å². The van der Waals surface area contributed by atoms with Crippen LogP contribution in [0.15, 0.2) is 65.7 Å². The van der Waals surface area contributed by atoms with E-state index in [0.29, 0.717) is 21.1 Å². The van der Waals surface area contributed by atoms with Crippen LogP contribution in [0, 0.1) is 6.92 Å². The van der Waals surface area contributed by atoms with Crippen LogP contribution in [0.2, 0.25) is 10.0 Å². The number of carbonyl (C=O) groups excluding carboxylic acids is 1. The highest BCUT2D eigenvalue weighted by molar-refractivity contribution is 6.36. The van der Waals surface area contributed by atoms with Crippen LogP contribution in [0.25, 0.3) is 10.9 Å². The lowest BCUT2D eigenvalue weighted by molar-refractivity contribution is -0.275. The molecular weight excluding hydrogens is 518 g/mol. The molecule has 0 radical (unpaired) electrons. The summed E-state index contributed by atoms with van der Waals surface area (Å²) in [6.07, 6.45) is -3.66. The van der Waals surface area contributed by atoms with Crippen molar-refractivity contribution in [3.63, 3.8) is 0 Å². The average Bonchev–Trinajstić information content (AvgIpc) is 2.81. The topological polar surface area (TPSA) is 73.2 Å². The van der Waals surface area contributed by atoms with E-state index in [1.807, 2.05) is 0 Å². The van der Waals surface area contributed by atoms with Gasteiger partial charge >= 0.3 is 6.36 Å². The first-order valence-corrected chi connectivity index (χ1v) is 11.3. The zero-order valence-electron chi connectivity index (χ0n) is 18.9. The average molecular weight is 536 g/mol. The number of anilines is 1. The van der Waals surface area contributed by atoms with Crippen LogP contribution in [0.3, 0.4) is 0 Å². The van der Waals surface area contributed by atoms with E-state index in [9.17, 15) is 22.8 Å². The fraction of sp³-hybridized carbons (Fsp3) is 0.160. The molecule has 6 nitrogen and oxygen atoms in total. The van der Waals surface area contributed by atoms with Gasteiger partial charge in [-0.25, -0.2) is 4.98 Å². The smallest absolute Gasteiger partial charge is 0.405 e. The molecule has 1 atom stereocenters. The monoisotopic (exact) mass is 535 g/mol. The van der Waals surface area contributed by atoms with E-state index in [4.69, 9.17) is 23.2 Å². The number of para-hydroxylation sites is 1. The maximum absolute atomic E-state index is 13.5. The summed E-state index contributed by atoms with van der Waals surface area (Å²) in [5.41, 5.74) is 0.832. The van der Waals surface area contributed by atoms with Crippen molar-refractivity contribution in [2.75, 3.05) is 5.32 Å². The Labute approximate surface area is 213 Å². The minimum atomic E-state index is -4.90. The molecule has 11 heteroatoms. The molecule has 1 N–H and O–H groups in total. The van der Waals surface area contributed by atoms with E-state index in [2.05, 4.69) is 15.0 Å². The van der Waals surface area contributed by atoms with Crippen LogP contribution < -0.4 is 15.6 Å². The van der Waals surface area contributed by atoms with Crippen molar-refractivity contribution in [2.45, 2.75) is 26.3 Å². The Kier molecular flexibility index (Phi) is 6.97. The summed E-state index contributed by atoms with van der Waals surface area (Å²) in [5, 5.41) is 3.38. The predicted molar refractivity (Wildman–Crippen MR) is 132 cm³/mol. The molecule has 0 saturated heterocycles. The van der Waals surface area contributed by atoms with E-state index in [1.165, 1.54) is 53.4 Å². The van der Waals surface area contributed by atoms with Gasteiger partial charge in [0.2, 0.25) is 0 Å². The normalized spacial score (nSPS) is 12.4. The predicted octanol–water partition coefficient (Wildman–Crippen LogP) is 6.77. The van der Waals surface area contributed by atoms with Crippen LogP contribution >= 0.6 is 23.2 Å². The number of nitrogens with one attached hydrogen (secondary N) is 1. The molecule has 0 fully saturated rings. The number of hydrogen-bond acceptors (Lipinski definition) is 4. The van der Waals surface area contributed by atoms with Crippen molar-refractivity contribution >= 4 is 45.7 Å². The summed E-state index contributed by atoms with van der Waals surface area (Å²) in [6.45, 7) is 3.26. The SMILES string of the molecule is Cc1c(Cl)cc(C(=O)Nc2cccc3ncn(C(C)c4ccccc4OC(F)(F)F)c(=O)c23)cc1Cl. The van der Waals surface area contributed by atoms with Gasteiger partial charge in [0, 0.05) is 21.2 Å². The third-order valence-corrected chi connectivity index (χ3v) is 6.40. The van der Waals surface area contributed by atoms with Gasteiger partial charge in [0.15, 0.2) is 0 Å². The summed E-state index contributed by atoms with van der Waals surface area (Å²) >= 11 is 12.3. The highest BCUT2D eigenvalue weighted by Gasteiger charge is 2.33. The largest absolute Gasteiger partial charge is 0.573 e. The molecule has 4 aromatic rings. The van der Waals surface area contributed by atoms with Crippen molar-refractivity contribution in [2.24, 2.45) is 0 Å². The number of carbonyl (C=O) groups is 1. The molecule has 1 amide bonds. The molecule has 3 aromatic carbocycles. The number of benzene rings is 3. The van der Waals surface area contributed by atoms with E-state index in [1.54, 1.807) is 26.0 Å². The number of alkyl halides is 3. The summed E-state index contributed by atoms with van der Waals surface area (Å²) < 4.78 is 44.0. The van der Waals surface area contributed by atoms with Gasteiger partial charge in [-0.1, -0.05) is 47.5 Å². The first kappa shape index (κ1) is 25.5. The molecule has 0 aliphatic rings. The van der Waals surface area contributed by atoms with Crippen LogP contribution in [0.1, 0.15) is 34.5 Å². The fourth-order valence-electron chi connectivity index (χ4n) is 3.72. The quantitative estimate of drug-likeness (QED) is 0.306. The van der Waals surface area contributed by atoms with Crippen molar-refractivity contribution in [1.29, 1.82) is 0 Å². The van der Waals surface area contributed by atoms with Crippen LogP contribution in [-0.2, 0) is 0 Å². The number of hydrogen-bond donors (Lipinski definition) is 1.